The highest BCUT2D eigenvalue weighted by Crippen LogP contribution is 2.28. The van der Waals surface area contributed by atoms with E-state index in [0.29, 0.717) is 5.69 Å². The van der Waals surface area contributed by atoms with E-state index >= 15 is 0 Å². The Kier molecular flexibility index (Phi) is 7.82. The van der Waals surface area contributed by atoms with Gasteiger partial charge in [-0.15, -0.1) is 0 Å². The molecule has 2 aromatic heterocycles. The van der Waals surface area contributed by atoms with Gasteiger partial charge < -0.3 is 20.5 Å². The molecule has 0 aliphatic carbocycles. The lowest BCUT2D eigenvalue weighted by atomic mass is 10.0. The fourth-order valence-corrected chi connectivity index (χ4v) is 4.22. The minimum atomic E-state index is -0.901. The van der Waals surface area contributed by atoms with Gasteiger partial charge in [-0.2, -0.15) is 0 Å². The lowest BCUT2D eigenvalue weighted by Gasteiger charge is -2.26. The van der Waals surface area contributed by atoms with E-state index in [1.54, 1.807) is 18.3 Å². The van der Waals surface area contributed by atoms with Crippen LogP contribution in [0.1, 0.15) is 45.7 Å². The van der Waals surface area contributed by atoms with Crippen molar-refractivity contribution in [2.24, 2.45) is 0 Å². The number of nitrogens with one attached hydrogen (secondary N) is 3. The summed E-state index contributed by atoms with van der Waals surface area (Å²) >= 11 is 11.8. The molecule has 3 heterocycles. The Morgan fingerprint density at radius 2 is 1.85 bits per heavy atom. The summed E-state index contributed by atoms with van der Waals surface area (Å²) in [5, 5.41) is 5.73. The maximum absolute atomic E-state index is 14.3. The van der Waals surface area contributed by atoms with Gasteiger partial charge in [-0.25, -0.2) is 9.37 Å². The standard InChI is InChI=1S/C24H24Cl2FN5O2/c25-17-5-6-18(26)22(27)21(17)23(33)15-12-19(29-13-15)24(34)31-16-4-7-20(30-14-16)28-8-11-32-9-2-1-3-10-32/h4-7,12-14,29H,1-3,8-11H2,(H,28,30)(H,31,34). The summed E-state index contributed by atoms with van der Waals surface area (Å²) in [5.74, 6) is -1.32. The van der Waals surface area contributed by atoms with Gasteiger partial charge >= 0.3 is 0 Å². The molecule has 1 aromatic carbocycles. The van der Waals surface area contributed by atoms with E-state index in [4.69, 9.17) is 23.2 Å². The van der Waals surface area contributed by atoms with E-state index in [1.165, 1.54) is 43.7 Å². The quantitative estimate of drug-likeness (QED) is 0.289. The van der Waals surface area contributed by atoms with Crippen molar-refractivity contribution < 1.29 is 14.0 Å². The average molecular weight is 504 g/mol. The lowest BCUT2D eigenvalue weighted by Crippen LogP contribution is -2.33. The first-order chi connectivity index (χ1) is 16.4. The van der Waals surface area contributed by atoms with Crippen molar-refractivity contribution in [3.63, 3.8) is 0 Å². The first-order valence-electron chi connectivity index (χ1n) is 11.0. The van der Waals surface area contributed by atoms with E-state index < -0.39 is 17.5 Å². The van der Waals surface area contributed by atoms with Crippen LogP contribution >= 0.6 is 23.2 Å². The highest BCUT2D eigenvalue weighted by molar-refractivity contribution is 6.37. The second-order valence-electron chi connectivity index (χ2n) is 8.06. The van der Waals surface area contributed by atoms with Gasteiger partial charge in [-0.1, -0.05) is 29.6 Å². The fourth-order valence-electron chi connectivity index (χ4n) is 3.83. The number of carbonyl (C=O) groups excluding carboxylic acids is 2. The molecule has 0 unspecified atom stereocenters. The van der Waals surface area contributed by atoms with Gasteiger partial charge in [-0.05, 0) is 56.3 Å². The van der Waals surface area contributed by atoms with Gasteiger partial charge in [0, 0.05) is 24.8 Å². The lowest BCUT2D eigenvalue weighted by molar-refractivity contribution is 0.102. The average Bonchev–Trinajstić information content (AvgIpc) is 3.34. The summed E-state index contributed by atoms with van der Waals surface area (Å²) in [4.78, 5) is 34.8. The van der Waals surface area contributed by atoms with Crippen LogP contribution in [0.15, 0.2) is 42.7 Å². The van der Waals surface area contributed by atoms with Crippen LogP contribution in [0.25, 0.3) is 0 Å². The third kappa shape index (κ3) is 5.75. The van der Waals surface area contributed by atoms with Crippen LogP contribution in [0, 0.1) is 5.82 Å². The molecule has 1 aliphatic rings. The minimum Gasteiger partial charge on any atom is -0.369 e. The van der Waals surface area contributed by atoms with Crippen LogP contribution < -0.4 is 10.6 Å². The molecule has 4 rings (SSSR count). The van der Waals surface area contributed by atoms with E-state index in [1.807, 2.05) is 0 Å². The van der Waals surface area contributed by atoms with Crippen molar-refractivity contribution in [1.82, 2.24) is 14.9 Å². The topological polar surface area (TPSA) is 90.1 Å². The molecule has 0 saturated carbocycles. The van der Waals surface area contributed by atoms with Gasteiger partial charge in [0.1, 0.15) is 11.5 Å². The zero-order valence-corrected chi connectivity index (χ0v) is 19.8. The largest absolute Gasteiger partial charge is 0.369 e. The normalized spacial score (nSPS) is 14.1. The number of ketones is 1. The molecular weight excluding hydrogens is 480 g/mol. The molecule has 0 spiro atoms. The number of rotatable bonds is 8. The number of H-pyrrole nitrogens is 1. The number of amides is 1. The van der Waals surface area contributed by atoms with Gasteiger partial charge in [0.05, 0.1) is 27.5 Å². The van der Waals surface area contributed by atoms with Crippen molar-refractivity contribution in [3.05, 3.63) is 75.4 Å². The number of carbonyl (C=O) groups is 2. The molecule has 1 amide bonds. The van der Waals surface area contributed by atoms with Crippen molar-refractivity contribution >= 4 is 46.4 Å². The second kappa shape index (κ2) is 11.0. The minimum absolute atomic E-state index is 0.0604. The number of likely N-dealkylation sites (tertiary alicyclic amines) is 1. The molecule has 10 heteroatoms. The smallest absolute Gasteiger partial charge is 0.272 e. The summed E-state index contributed by atoms with van der Waals surface area (Å²) in [5.41, 5.74) is 0.371. The number of nitrogens with zero attached hydrogens (tertiary/aromatic N) is 2. The Labute approximate surface area is 206 Å². The van der Waals surface area contributed by atoms with E-state index in [0.717, 1.165) is 32.0 Å². The van der Waals surface area contributed by atoms with E-state index in [2.05, 4.69) is 25.5 Å². The summed E-state index contributed by atoms with van der Waals surface area (Å²) in [7, 11) is 0. The molecule has 0 bridgehead atoms. The van der Waals surface area contributed by atoms with Gasteiger partial charge in [0.15, 0.2) is 11.6 Å². The molecule has 7 nitrogen and oxygen atoms in total. The maximum Gasteiger partial charge on any atom is 0.272 e. The summed E-state index contributed by atoms with van der Waals surface area (Å²) in [6.07, 6.45) is 6.70. The first kappa shape index (κ1) is 24.2. The number of aromatic amines is 1. The van der Waals surface area contributed by atoms with Crippen LogP contribution in [0.4, 0.5) is 15.9 Å². The number of aromatic nitrogens is 2. The van der Waals surface area contributed by atoms with Crippen molar-refractivity contribution in [1.29, 1.82) is 0 Å². The summed E-state index contributed by atoms with van der Waals surface area (Å²) in [6, 6.07) is 7.48. The predicted molar refractivity (Wildman–Crippen MR) is 132 cm³/mol. The van der Waals surface area contributed by atoms with Crippen LogP contribution in [-0.2, 0) is 0 Å². The zero-order valence-electron chi connectivity index (χ0n) is 18.3. The van der Waals surface area contributed by atoms with Gasteiger partial charge in [-0.3, -0.25) is 9.59 Å². The Bertz CT molecular complexity index is 1180. The van der Waals surface area contributed by atoms with Crippen LogP contribution in [0.3, 0.4) is 0 Å². The number of hydrogen-bond donors (Lipinski definition) is 3. The highest BCUT2D eigenvalue weighted by Gasteiger charge is 2.22. The summed E-state index contributed by atoms with van der Waals surface area (Å²) < 4.78 is 14.3. The Hall–Kier alpha value is -2.94. The monoisotopic (exact) mass is 503 g/mol. The molecular formula is C24H24Cl2FN5O2. The molecule has 0 radical (unpaired) electrons. The number of halogens is 3. The number of benzene rings is 1. The van der Waals surface area contributed by atoms with Crippen molar-refractivity contribution in [2.45, 2.75) is 19.3 Å². The fraction of sp³-hybridized carbons (Fsp3) is 0.292. The third-order valence-electron chi connectivity index (χ3n) is 5.67. The van der Waals surface area contributed by atoms with Crippen molar-refractivity contribution in [2.75, 3.05) is 36.8 Å². The SMILES string of the molecule is O=C(Nc1ccc(NCCN2CCCCC2)nc1)c1cc(C(=O)c2c(Cl)ccc(Cl)c2F)c[nH]1. The number of anilines is 2. The number of piperidine rings is 1. The van der Waals surface area contributed by atoms with Crippen LogP contribution in [0.5, 0.6) is 0 Å². The van der Waals surface area contributed by atoms with Gasteiger partial charge in [0.25, 0.3) is 5.91 Å². The Morgan fingerprint density at radius 3 is 2.59 bits per heavy atom. The second-order valence-corrected chi connectivity index (χ2v) is 8.88. The molecule has 178 valence electrons. The number of hydrogen-bond acceptors (Lipinski definition) is 5. The Morgan fingerprint density at radius 1 is 1.09 bits per heavy atom. The highest BCUT2D eigenvalue weighted by atomic mass is 35.5. The third-order valence-corrected chi connectivity index (χ3v) is 6.27. The molecule has 34 heavy (non-hydrogen) atoms. The molecule has 1 fully saturated rings. The molecule has 0 atom stereocenters. The number of pyridine rings is 1. The maximum atomic E-state index is 14.3. The van der Waals surface area contributed by atoms with Crippen molar-refractivity contribution in [3.8, 4) is 0 Å². The first-order valence-corrected chi connectivity index (χ1v) is 11.8. The van der Waals surface area contributed by atoms with Gasteiger partial charge in [0.2, 0.25) is 0 Å². The predicted octanol–water partition coefficient (Wildman–Crippen LogP) is 5.24. The molecule has 1 saturated heterocycles. The summed E-state index contributed by atoms with van der Waals surface area (Å²) in [6.45, 7) is 4.06. The Balaban J connectivity index is 1.34. The zero-order chi connectivity index (χ0) is 24.1. The van der Waals surface area contributed by atoms with E-state index in [-0.39, 0.29) is 26.9 Å². The molecule has 3 aromatic rings. The molecule has 1 aliphatic heterocycles. The van der Waals surface area contributed by atoms with Crippen LogP contribution in [0.2, 0.25) is 10.0 Å². The van der Waals surface area contributed by atoms with Crippen LogP contribution in [-0.4, -0.2) is 52.7 Å². The van der Waals surface area contributed by atoms with E-state index in [9.17, 15) is 14.0 Å². The molecule has 3 N–H and O–H groups in total.